The van der Waals surface area contributed by atoms with Gasteiger partial charge in [0.25, 0.3) is 5.91 Å². The maximum Gasteiger partial charge on any atom is 0.251 e. The van der Waals surface area contributed by atoms with Crippen LogP contribution in [0.25, 0.3) is 22.0 Å². The zero-order valence-corrected chi connectivity index (χ0v) is 15.6. The Bertz CT molecular complexity index is 1170. The molecule has 1 aliphatic carbocycles. The Morgan fingerprint density at radius 2 is 2.11 bits per heavy atom. The third kappa shape index (κ3) is 3.07. The molecule has 5 rings (SSSR count). The summed E-state index contributed by atoms with van der Waals surface area (Å²) >= 11 is 0. The van der Waals surface area contributed by atoms with Crippen molar-refractivity contribution in [2.24, 2.45) is 7.05 Å². The van der Waals surface area contributed by atoms with Gasteiger partial charge >= 0.3 is 0 Å². The van der Waals surface area contributed by atoms with Crippen molar-refractivity contribution >= 4 is 16.7 Å². The summed E-state index contributed by atoms with van der Waals surface area (Å²) in [5.41, 5.74) is 3.52. The number of aryl methyl sites for hydroxylation is 1. The van der Waals surface area contributed by atoms with Crippen LogP contribution in [0.3, 0.4) is 0 Å². The van der Waals surface area contributed by atoms with E-state index in [0.717, 1.165) is 33.5 Å². The fourth-order valence-corrected chi connectivity index (χ4v) is 3.53. The number of benzene rings is 2. The SMILES string of the molecule is Cn1nccc1-c1cccc2cc(C(=O)NCc3cc(C4CC4)on3)ccc12. The lowest BCUT2D eigenvalue weighted by Gasteiger charge is -2.09. The van der Waals surface area contributed by atoms with Crippen molar-refractivity contribution < 1.29 is 9.32 Å². The first kappa shape index (κ1) is 16.7. The zero-order chi connectivity index (χ0) is 19.1. The van der Waals surface area contributed by atoms with Crippen molar-refractivity contribution in [3.05, 3.63) is 71.7 Å². The molecule has 0 saturated heterocycles. The van der Waals surface area contributed by atoms with Crippen LogP contribution in [0.15, 0.2) is 59.3 Å². The van der Waals surface area contributed by atoms with Gasteiger partial charge in [-0.2, -0.15) is 5.10 Å². The summed E-state index contributed by atoms with van der Waals surface area (Å²) in [7, 11) is 1.93. The van der Waals surface area contributed by atoms with Gasteiger partial charge in [0.1, 0.15) is 11.5 Å². The second-order valence-corrected chi connectivity index (χ2v) is 7.26. The minimum Gasteiger partial charge on any atom is -0.361 e. The highest BCUT2D eigenvalue weighted by Gasteiger charge is 2.27. The van der Waals surface area contributed by atoms with Crippen LogP contribution in [0, 0.1) is 0 Å². The molecule has 28 heavy (non-hydrogen) atoms. The van der Waals surface area contributed by atoms with E-state index in [1.807, 2.05) is 54.2 Å². The number of hydrogen-bond donors (Lipinski definition) is 1. The molecule has 0 atom stereocenters. The van der Waals surface area contributed by atoms with E-state index in [4.69, 9.17) is 4.52 Å². The quantitative estimate of drug-likeness (QED) is 0.574. The van der Waals surface area contributed by atoms with E-state index in [-0.39, 0.29) is 5.91 Å². The van der Waals surface area contributed by atoms with Crippen molar-refractivity contribution in [2.75, 3.05) is 0 Å². The zero-order valence-electron chi connectivity index (χ0n) is 15.6. The Hall–Kier alpha value is -3.41. The lowest BCUT2D eigenvalue weighted by atomic mass is 10.00. The molecule has 2 heterocycles. The first-order chi connectivity index (χ1) is 13.7. The lowest BCUT2D eigenvalue weighted by Crippen LogP contribution is -2.22. The van der Waals surface area contributed by atoms with Crippen LogP contribution in [0.4, 0.5) is 0 Å². The summed E-state index contributed by atoms with van der Waals surface area (Å²) in [6.45, 7) is 0.363. The normalized spacial score (nSPS) is 13.8. The maximum atomic E-state index is 12.6. The van der Waals surface area contributed by atoms with Crippen molar-refractivity contribution in [1.29, 1.82) is 0 Å². The maximum absolute atomic E-state index is 12.6. The van der Waals surface area contributed by atoms with Gasteiger partial charge in [-0.3, -0.25) is 9.48 Å². The number of hydrogen-bond acceptors (Lipinski definition) is 4. The molecule has 1 fully saturated rings. The number of aromatic nitrogens is 3. The fraction of sp³-hybridized carbons (Fsp3) is 0.227. The molecule has 1 N–H and O–H groups in total. The first-order valence-electron chi connectivity index (χ1n) is 9.44. The van der Waals surface area contributed by atoms with E-state index in [0.29, 0.717) is 18.0 Å². The number of nitrogens with one attached hydrogen (secondary N) is 1. The average molecular weight is 372 g/mol. The molecular formula is C22H20N4O2. The van der Waals surface area contributed by atoms with E-state index in [1.165, 1.54) is 12.8 Å². The Kier molecular flexibility index (Phi) is 3.97. The predicted molar refractivity (Wildman–Crippen MR) is 106 cm³/mol. The summed E-state index contributed by atoms with van der Waals surface area (Å²) in [5, 5.41) is 13.3. The van der Waals surface area contributed by atoms with Gasteiger partial charge in [-0.1, -0.05) is 29.4 Å². The van der Waals surface area contributed by atoms with Crippen LogP contribution in [0.2, 0.25) is 0 Å². The second kappa shape index (κ2) is 6.64. The van der Waals surface area contributed by atoms with Gasteiger partial charge in [0, 0.05) is 36.4 Å². The summed E-state index contributed by atoms with van der Waals surface area (Å²) in [4.78, 5) is 12.6. The van der Waals surface area contributed by atoms with Crippen LogP contribution in [-0.2, 0) is 13.6 Å². The molecular weight excluding hydrogens is 352 g/mol. The molecule has 0 radical (unpaired) electrons. The minimum absolute atomic E-state index is 0.121. The van der Waals surface area contributed by atoms with Crippen molar-refractivity contribution in [1.82, 2.24) is 20.3 Å². The van der Waals surface area contributed by atoms with E-state index in [9.17, 15) is 4.79 Å². The number of nitrogens with zero attached hydrogens (tertiary/aromatic N) is 3. The monoisotopic (exact) mass is 372 g/mol. The number of amides is 1. The second-order valence-electron chi connectivity index (χ2n) is 7.26. The van der Waals surface area contributed by atoms with Gasteiger partial charge in [0.15, 0.2) is 0 Å². The summed E-state index contributed by atoms with van der Waals surface area (Å²) in [5.74, 6) is 1.33. The summed E-state index contributed by atoms with van der Waals surface area (Å²) < 4.78 is 7.18. The van der Waals surface area contributed by atoms with Gasteiger partial charge in [0.2, 0.25) is 0 Å². The molecule has 6 nitrogen and oxygen atoms in total. The molecule has 0 bridgehead atoms. The third-order valence-corrected chi connectivity index (χ3v) is 5.23. The van der Waals surface area contributed by atoms with Crippen molar-refractivity contribution in [3.63, 3.8) is 0 Å². The van der Waals surface area contributed by atoms with E-state index < -0.39 is 0 Å². The molecule has 0 spiro atoms. The highest BCUT2D eigenvalue weighted by molar-refractivity contribution is 6.02. The molecule has 1 aliphatic rings. The topological polar surface area (TPSA) is 73.0 Å². The van der Waals surface area contributed by atoms with Gasteiger partial charge in [-0.05, 0) is 41.8 Å². The van der Waals surface area contributed by atoms with E-state index in [2.05, 4.69) is 21.6 Å². The minimum atomic E-state index is -0.121. The molecule has 1 amide bonds. The van der Waals surface area contributed by atoms with Crippen LogP contribution in [0.1, 0.15) is 40.6 Å². The molecule has 0 unspecified atom stereocenters. The molecule has 0 aliphatic heterocycles. The van der Waals surface area contributed by atoms with Gasteiger partial charge < -0.3 is 9.84 Å². The number of rotatable bonds is 5. The molecule has 6 heteroatoms. The molecule has 4 aromatic rings. The molecule has 2 aromatic heterocycles. The van der Waals surface area contributed by atoms with Gasteiger partial charge in [-0.25, -0.2) is 0 Å². The Labute approximate surface area is 162 Å². The van der Waals surface area contributed by atoms with Crippen molar-refractivity contribution in [2.45, 2.75) is 25.3 Å². The standard InChI is InChI=1S/C22H20N4O2/c1-26-20(9-10-24-26)19-4-2-3-15-11-16(7-8-18(15)19)22(27)23-13-17-12-21(28-25-17)14-5-6-14/h2-4,7-12,14H,5-6,13H2,1H3,(H,23,27). The van der Waals surface area contributed by atoms with Crippen LogP contribution >= 0.6 is 0 Å². The molecule has 140 valence electrons. The summed E-state index contributed by atoms with van der Waals surface area (Å²) in [6, 6.07) is 15.8. The van der Waals surface area contributed by atoms with Crippen molar-refractivity contribution in [3.8, 4) is 11.3 Å². The Morgan fingerprint density at radius 3 is 2.89 bits per heavy atom. The van der Waals surface area contributed by atoms with Gasteiger partial charge in [-0.15, -0.1) is 0 Å². The van der Waals surface area contributed by atoms with E-state index in [1.54, 1.807) is 6.20 Å². The van der Waals surface area contributed by atoms with Crippen LogP contribution in [0.5, 0.6) is 0 Å². The lowest BCUT2D eigenvalue weighted by molar-refractivity contribution is 0.0950. The summed E-state index contributed by atoms with van der Waals surface area (Å²) in [6.07, 6.45) is 4.12. The fourth-order valence-electron chi connectivity index (χ4n) is 3.53. The largest absolute Gasteiger partial charge is 0.361 e. The molecule has 2 aromatic carbocycles. The van der Waals surface area contributed by atoms with Crippen LogP contribution in [-0.4, -0.2) is 20.8 Å². The molecule has 1 saturated carbocycles. The number of fused-ring (bicyclic) bond motifs is 1. The van der Waals surface area contributed by atoms with Crippen LogP contribution < -0.4 is 5.32 Å². The third-order valence-electron chi connectivity index (χ3n) is 5.23. The predicted octanol–water partition coefficient (Wildman–Crippen LogP) is 4.04. The average Bonchev–Trinajstić information content (AvgIpc) is 3.31. The first-order valence-corrected chi connectivity index (χ1v) is 9.44. The Balaban J connectivity index is 1.36. The highest BCUT2D eigenvalue weighted by Crippen LogP contribution is 2.40. The highest BCUT2D eigenvalue weighted by atomic mass is 16.5. The van der Waals surface area contributed by atoms with Gasteiger partial charge in [0.05, 0.1) is 12.2 Å². The smallest absolute Gasteiger partial charge is 0.251 e. The van der Waals surface area contributed by atoms with E-state index >= 15 is 0 Å². The number of carbonyl (C=O) groups is 1. The Morgan fingerprint density at radius 1 is 1.21 bits per heavy atom. The number of carbonyl (C=O) groups excluding carboxylic acids is 1.